The highest BCUT2D eigenvalue weighted by molar-refractivity contribution is 6.42. The molecule has 1 heterocycles. The zero-order valence-corrected chi connectivity index (χ0v) is 19.5. The number of aryl methyl sites for hydroxylation is 1. The summed E-state index contributed by atoms with van der Waals surface area (Å²) in [7, 11) is 0. The fraction of sp³-hybridized carbons (Fsp3) is 0.346. The summed E-state index contributed by atoms with van der Waals surface area (Å²) >= 11 is 12.2. The topological polar surface area (TPSA) is 57.7 Å². The molecule has 1 saturated heterocycles. The van der Waals surface area contributed by atoms with Crippen molar-refractivity contribution in [1.82, 2.24) is 4.90 Å². The van der Waals surface area contributed by atoms with Gasteiger partial charge in [-0.25, -0.2) is 0 Å². The van der Waals surface area contributed by atoms with Gasteiger partial charge in [0.05, 0.1) is 21.9 Å². The first-order valence-corrected chi connectivity index (χ1v) is 12.0. The fourth-order valence-corrected chi connectivity index (χ4v) is 6.37. The van der Waals surface area contributed by atoms with Crippen molar-refractivity contribution in [2.24, 2.45) is 35.5 Å². The molecule has 0 aromatic heterocycles. The van der Waals surface area contributed by atoms with Crippen LogP contribution in [0.5, 0.6) is 0 Å². The van der Waals surface area contributed by atoms with Crippen molar-refractivity contribution in [3.05, 3.63) is 75.8 Å². The van der Waals surface area contributed by atoms with E-state index in [-0.39, 0.29) is 53.1 Å². The minimum Gasteiger partial charge on any atom is -0.290 e. The number of carbonyl (C=O) groups is 3. The molecule has 3 amide bonds. The highest BCUT2D eigenvalue weighted by Gasteiger charge is 2.67. The maximum Gasteiger partial charge on any atom is 0.259 e. The second-order valence-corrected chi connectivity index (χ2v) is 10.4. The number of anilines is 1. The van der Waals surface area contributed by atoms with Gasteiger partial charge in [-0.3, -0.25) is 24.2 Å². The van der Waals surface area contributed by atoms with Gasteiger partial charge in [0.15, 0.2) is 0 Å². The summed E-state index contributed by atoms with van der Waals surface area (Å²) in [6.07, 6.45) is 5.40. The number of hydrogen-bond acceptors (Lipinski definition) is 3. The zero-order valence-electron chi connectivity index (χ0n) is 17.9. The standard InChI is InChI=1S/C26H22Cl2N2O3/c1-13-2-5-15(6-3-13)29(24(31)14-4-9-20(27)21(28)10-14)12-30-25(32)22-16-7-8-17(19-11-18(16)19)23(22)26(30)33/h2-10,16-19,22-23H,11-12H2,1H3. The van der Waals surface area contributed by atoms with E-state index in [1.807, 2.05) is 31.2 Å². The Kier molecular flexibility index (Phi) is 4.72. The molecule has 6 unspecified atom stereocenters. The molecule has 4 aliphatic carbocycles. The van der Waals surface area contributed by atoms with Crippen LogP contribution < -0.4 is 4.90 Å². The van der Waals surface area contributed by atoms with E-state index in [2.05, 4.69) is 12.2 Å². The predicted octanol–water partition coefficient (Wildman–Crippen LogP) is 4.96. The lowest BCUT2D eigenvalue weighted by Gasteiger charge is -2.37. The Balaban J connectivity index is 1.34. The molecule has 7 rings (SSSR count). The molecular weight excluding hydrogens is 459 g/mol. The lowest BCUT2D eigenvalue weighted by molar-refractivity contribution is -0.140. The average Bonchev–Trinajstić information content (AvgIpc) is 3.59. The Morgan fingerprint density at radius 1 is 0.939 bits per heavy atom. The lowest BCUT2D eigenvalue weighted by Crippen LogP contribution is -2.45. The molecule has 5 nitrogen and oxygen atoms in total. The van der Waals surface area contributed by atoms with Crippen LogP contribution in [0.3, 0.4) is 0 Å². The second kappa shape index (κ2) is 7.44. The second-order valence-electron chi connectivity index (χ2n) is 9.60. The molecule has 0 spiro atoms. The molecule has 3 fully saturated rings. The molecule has 7 heteroatoms. The van der Waals surface area contributed by atoms with Crippen molar-refractivity contribution < 1.29 is 14.4 Å². The summed E-state index contributed by atoms with van der Waals surface area (Å²) < 4.78 is 0. The summed E-state index contributed by atoms with van der Waals surface area (Å²) in [5.74, 6) is 0.0924. The molecular formula is C26H22Cl2N2O3. The van der Waals surface area contributed by atoms with Gasteiger partial charge >= 0.3 is 0 Å². The van der Waals surface area contributed by atoms with E-state index in [1.54, 1.807) is 12.1 Å². The van der Waals surface area contributed by atoms with Crippen LogP contribution in [-0.4, -0.2) is 29.3 Å². The molecule has 0 radical (unpaired) electrons. The van der Waals surface area contributed by atoms with Crippen molar-refractivity contribution in [2.45, 2.75) is 13.3 Å². The molecule has 0 N–H and O–H groups in total. The molecule has 6 atom stereocenters. The van der Waals surface area contributed by atoms with Gasteiger partial charge in [0.2, 0.25) is 11.8 Å². The van der Waals surface area contributed by atoms with Crippen molar-refractivity contribution >= 4 is 46.6 Å². The molecule has 33 heavy (non-hydrogen) atoms. The third-order valence-electron chi connectivity index (χ3n) is 7.79. The Hall–Kier alpha value is -2.63. The number of carbonyl (C=O) groups excluding carboxylic acids is 3. The van der Waals surface area contributed by atoms with E-state index in [0.717, 1.165) is 12.0 Å². The highest BCUT2D eigenvalue weighted by Crippen LogP contribution is 2.65. The molecule has 2 saturated carbocycles. The van der Waals surface area contributed by atoms with Crippen LogP contribution in [0.25, 0.3) is 0 Å². The quantitative estimate of drug-likeness (QED) is 0.458. The van der Waals surface area contributed by atoms with Crippen LogP contribution in [-0.2, 0) is 9.59 Å². The van der Waals surface area contributed by atoms with Gasteiger partial charge in [0, 0.05) is 11.3 Å². The van der Waals surface area contributed by atoms with Crippen LogP contribution in [0, 0.1) is 42.4 Å². The minimum absolute atomic E-state index is 0.123. The Bertz CT molecular complexity index is 1190. The zero-order chi connectivity index (χ0) is 23.0. The van der Waals surface area contributed by atoms with Crippen molar-refractivity contribution in [1.29, 1.82) is 0 Å². The van der Waals surface area contributed by atoms with Crippen LogP contribution in [0.1, 0.15) is 22.3 Å². The smallest absolute Gasteiger partial charge is 0.259 e. The maximum absolute atomic E-state index is 13.6. The van der Waals surface area contributed by atoms with E-state index in [9.17, 15) is 14.4 Å². The first-order valence-electron chi connectivity index (χ1n) is 11.2. The first-order chi connectivity index (χ1) is 15.8. The van der Waals surface area contributed by atoms with Gasteiger partial charge in [-0.05, 0) is 67.3 Å². The molecule has 2 aromatic carbocycles. The van der Waals surface area contributed by atoms with Crippen LogP contribution in [0.4, 0.5) is 5.69 Å². The van der Waals surface area contributed by atoms with Gasteiger partial charge in [-0.2, -0.15) is 0 Å². The maximum atomic E-state index is 13.6. The highest BCUT2D eigenvalue weighted by atomic mass is 35.5. The van der Waals surface area contributed by atoms with Gasteiger partial charge in [-0.1, -0.05) is 53.1 Å². The summed E-state index contributed by atoms with van der Waals surface area (Å²) in [5, 5.41) is 0.623. The number of halogens is 2. The SMILES string of the molecule is Cc1ccc(N(CN2C(=O)C3C4C=CC(C5CC45)C3C2=O)C(=O)c2ccc(Cl)c(Cl)c2)cc1. The number of benzene rings is 2. The van der Waals surface area contributed by atoms with Crippen LogP contribution in [0.15, 0.2) is 54.6 Å². The summed E-state index contributed by atoms with van der Waals surface area (Å²) in [5.41, 5.74) is 1.99. The van der Waals surface area contributed by atoms with Gasteiger partial charge in [0.25, 0.3) is 5.91 Å². The molecule has 1 aliphatic heterocycles. The van der Waals surface area contributed by atoms with Crippen molar-refractivity contribution in [2.75, 3.05) is 11.6 Å². The van der Waals surface area contributed by atoms with Crippen LogP contribution >= 0.6 is 23.2 Å². The van der Waals surface area contributed by atoms with Gasteiger partial charge in [-0.15, -0.1) is 0 Å². The normalized spacial score (nSPS) is 30.9. The number of amides is 3. The number of likely N-dealkylation sites (tertiary alicyclic amines) is 1. The van der Waals surface area contributed by atoms with E-state index in [0.29, 0.717) is 28.1 Å². The van der Waals surface area contributed by atoms with Crippen LogP contribution in [0.2, 0.25) is 10.0 Å². The summed E-state index contributed by atoms with van der Waals surface area (Å²) in [6.45, 7) is 1.84. The van der Waals surface area contributed by atoms with E-state index >= 15 is 0 Å². The summed E-state index contributed by atoms with van der Waals surface area (Å²) in [4.78, 5) is 43.3. The number of allylic oxidation sites excluding steroid dienone is 2. The fourth-order valence-electron chi connectivity index (χ4n) is 6.07. The Morgan fingerprint density at radius 2 is 1.55 bits per heavy atom. The molecule has 5 aliphatic rings. The number of rotatable bonds is 4. The van der Waals surface area contributed by atoms with Crippen molar-refractivity contribution in [3.8, 4) is 0 Å². The minimum atomic E-state index is -0.350. The Morgan fingerprint density at radius 3 is 2.12 bits per heavy atom. The van der Waals surface area contributed by atoms with E-state index < -0.39 is 0 Å². The first kappa shape index (κ1) is 20.9. The predicted molar refractivity (Wildman–Crippen MR) is 126 cm³/mol. The van der Waals surface area contributed by atoms with E-state index in [4.69, 9.17) is 23.2 Å². The largest absolute Gasteiger partial charge is 0.290 e. The number of nitrogens with zero attached hydrogens (tertiary/aromatic N) is 2. The van der Waals surface area contributed by atoms with E-state index in [1.165, 1.54) is 15.9 Å². The lowest BCUT2D eigenvalue weighted by atomic mass is 9.63. The Labute approximate surface area is 201 Å². The monoisotopic (exact) mass is 480 g/mol. The van der Waals surface area contributed by atoms with Crippen molar-refractivity contribution in [3.63, 3.8) is 0 Å². The third-order valence-corrected chi connectivity index (χ3v) is 8.53. The molecule has 2 bridgehead atoms. The molecule has 168 valence electrons. The van der Waals surface area contributed by atoms with Gasteiger partial charge < -0.3 is 0 Å². The van der Waals surface area contributed by atoms with Gasteiger partial charge in [0.1, 0.15) is 6.67 Å². The number of hydrogen-bond donors (Lipinski definition) is 0. The number of imide groups is 1. The molecule has 2 aromatic rings. The summed E-state index contributed by atoms with van der Waals surface area (Å²) in [6, 6.07) is 12.1. The average molecular weight is 481 g/mol. The third kappa shape index (κ3) is 3.17.